The van der Waals surface area contributed by atoms with E-state index in [1.54, 1.807) is 22.6 Å². The Kier molecular flexibility index (Phi) is 5.48. The zero-order valence-corrected chi connectivity index (χ0v) is 18.1. The number of aryl methyl sites for hydroxylation is 1. The van der Waals surface area contributed by atoms with Crippen LogP contribution in [0, 0.1) is 6.92 Å². The lowest BCUT2D eigenvalue weighted by molar-refractivity contribution is -0.952. The standard InChI is InChI=1S/C23H29N5S/c1-18-20-22(24-17-25-23(20)29-21(18)19-7-3-2-4-8-19)28-15-13-27(14-16-28)12-11-26-9-5-6-10-26/h2-4,7-8,17H,5-6,9-16H2,1H3/p+2. The molecule has 0 saturated carbocycles. The molecule has 2 aliphatic rings. The van der Waals surface area contributed by atoms with Gasteiger partial charge in [0, 0.05) is 17.7 Å². The van der Waals surface area contributed by atoms with E-state index in [0.29, 0.717) is 0 Å². The molecule has 0 radical (unpaired) electrons. The minimum Gasteiger partial charge on any atom is -0.345 e. The SMILES string of the molecule is Cc1c(-c2ccccc2)sc2ncnc(N3CC[NH+](CC[NH+]4CCCC4)CC3)c12. The number of aromatic nitrogens is 2. The lowest BCUT2D eigenvalue weighted by Crippen LogP contribution is -3.21. The van der Waals surface area contributed by atoms with Crippen LogP contribution in [0.4, 0.5) is 5.82 Å². The molecule has 2 aliphatic heterocycles. The van der Waals surface area contributed by atoms with Crippen LogP contribution >= 0.6 is 11.3 Å². The molecule has 2 aromatic heterocycles. The molecule has 4 heterocycles. The van der Waals surface area contributed by atoms with Crippen molar-refractivity contribution in [1.29, 1.82) is 0 Å². The number of fused-ring (bicyclic) bond motifs is 1. The predicted octanol–water partition coefficient (Wildman–Crippen LogP) is 1.05. The Morgan fingerprint density at radius 3 is 2.34 bits per heavy atom. The molecule has 0 unspecified atom stereocenters. The van der Waals surface area contributed by atoms with Crippen LogP contribution in [0.15, 0.2) is 36.7 Å². The number of rotatable bonds is 5. The maximum atomic E-state index is 4.74. The summed E-state index contributed by atoms with van der Waals surface area (Å²) < 4.78 is 0. The molecule has 0 bridgehead atoms. The van der Waals surface area contributed by atoms with Crippen molar-refractivity contribution in [3.8, 4) is 10.4 Å². The number of hydrogen-bond donors (Lipinski definition) is 2. The highest BCUT2D eigenvalue weighted by Gasteiger charge is 2.26. The fourth-order valence-corrected chi connectivity index (χ4v) is 6.07. The normalized spacial score (nSPS) is 18.7. The minimum absolute atomic E-state index is 1.09. The highest BCUT2D eigenvalue weighted by Crippen LogP contribution is 2.40. The second kappa shape index (κ2) is 8.38. The molecule has 152 valence electrons. The highest BCUT2D eigenvalue weighted by molar-refractivity contribution is 7.22. The number of anilines is 1. The molecule has 0 aliphatic carbocycles. The van der Waals surface area contributed by atoms with Crippen molar-refractivity contribution in [2.75, 3.05) is 57.3 Å². The Morgan fingerprint density at radius 2 is 1.62 bits per heavy atom. The van der Waals surface area contributed by atoms with Crippen molar-refractivity contribution in [1.82, 2.24) is 9.97 Å². The highest BCUT2D eigenvalue weighted by atomic mass is 32.1. The molecule has 0 amide bonds. The zero-order chi connectivity index (χ0) is 19.6. The monoisotopic (exact) mass is 409 g/mol. The molecule has 1 aromatic carbocycles. The Balaban J connectivity index is 1.32. The first kappa shape index (κ1) is 19.0. The maximum Gasteiger partial charge on any atom is 0.141 e. The van der Waals surface area contributed by atoms with E-state index in [9.17, 15) is 0 Å². The Morgan fingerprint density at radius 1 is 0.931 bits per heavy atom. The zero-order valence-electron chi connectivity index (χ0n) is 17.3. The molecule has 2 fully saturated rings. The van der Waals surface area contributed by atoms with Gasteiger partial charge in [-0.25, -0.2) is 9.97 Å². The van der Waals surface area contributed by atoms with Gasteiger partial charge >= 0.3 is 0 Å². The summed E-state index contributed by atoms with van der Waals surface area (Å²) in [5, 5.41) is 1.25. The first-order chi connectivity index (χ1) is 14.3. The average molecular weight is 410 g/mol. The molecule has 6 heteroatoms. The molecule has 5 nitrogen and oxygen atoms in total. The first-order valence-corrected chi connectivity index (χ1v) is 11.8. The van der Waals surface area contributed by atoms with E-state index < -0.39 is 0 Å². The van der Waals surface area contributed by atoms with Crippen molar-refractivity contribution in [2.45, 2.75) is 19.8 Å². The summed E-state index contributed by atoms with van der Waals surface area (Å²) in [6.07, 6.45) is 4.60. The van der Waals surface area contributed by atoms with E-state index >= 15 is 0 Å². The summed E-state index contributed by atoms with van der Waals surface area (Å²) in [5.74, 6) is 1.13. The molecule has 5 rings (SSSR count). The fourth-order valence-electron chi connectivity index (χ4n) is 4.92. The van der Waals surface area contributed by atoms with Crippen molar-refractivity contribution in [3.63, 3.8) is 0 Å². The van der Waals surface area contributed by atoms with Crippen molar-refractivity contribution < 1.29 is 9.80 Å². The Labute approximate surface area is 177 Å². The van der Waals surface area contributed by atoms with E-state index in [-0.39, 0.29) is 0 Å². The smallest absolute Gasteiger partial charge is 0.141 e. The van der Waals surface area contributed by atoms with Gasteiger partial charge in [0.15, 0.2) is 0 Å². The van der Waals surface area contributed by atoms with Crippen molar-refractivity contribution in [3.05, 3.63) is 42.2 Å². The number of hydrogen-bond acceptors (Lipinski definition) is 4. The van der Waals surface area contributed by atoms with Gasteiger partial charge in [0.05, 0.1) is 44.7 Å². The lowest BCUT2D eigenvalue weighted by atomic mass is 10.1. The van der Waals surface area contributed by atoms with Crippen LogP contribution in [0.5, 0.6) is 0 Å². The molecule has 0 spiro atoms. The quantitative estimate of drug-likeness (QED) is 0.662. The number of likely N-dealkylation sites (tertiary alicyclic amines) is 1. The molecule has 0 atom stereocenters. The van der Waals surface area contributed by atoms with Crippen LogP contribution in [0.3, 0.4) is 0 Å². The van der Waals surface area contributed by atoms with Gasteiger partial charge in [-0.1, -0.05) is 30.3 Å². The van der Waals surface area contributed by atoms with Crippen LogP contribution in [0.25, 0.3) is 20.7 Å². The van der Waals surface area contributed by atoms with Crippen LogP contribution < -0.4 is 14.7 Å². The number of nitrogens with one attached hydrogen (secondary N) is 2. The van der Waals surface area contributed by atoms with Crippen molar-refractivity contribution in [2.24, 2.45) is 0 Å². The van der Waals surface area contributed by atoms with Gasteiger partial charge in [-0.3, -0.25) is 0 Å². The van der Waals surface area contributed by atoms with E-state index in [2.05, 4.69) is 47.1 Å². The number of nitrogens with zero attached hydrogens (tertiary/aromatic N) is 3. The number of quaternary nitrogens is 2. The van der Waals surface area contributed by atoms with Crippen molar-refractivity contribution >= 4 is 27.4 Å². The van der Waals surface area contributed by atoms with Crippen LogP contribution in [-0.2, 0) is 0 Å². The third kappa shape index (κ3) is 3.89. The minimum atomic E-state index is 1.09. The topological polar surface area (TPSA) is 37.9 Å². The summed E-state index contributed by atoms with van der Waals surface area (Å²) in [4.78, 5) is 17.8. The first-order valence-electron chi connectivity index (χ1n) is 11.0. The third-order valence-corrected chi connectivity index (χ3v) is 7.90. The fraction of sp³-hybridized carbons (Fsp3) is 0.478. The summed E-state index contributed by atoms with van der Waals surface area (Å²) in [7, 11) is 0. The lowest BCUT2D eigenvalue weighted by Gasteiger charge is -2.33. The largest absolute Gasteiger partial charge is 0.345 e. The van der Waals surface area contributed by atoms with Gasteiger partial charge in [-0.05, 0) is 18.1 Å². The van der Waals surface area contributed by atoms with Gasteiger partial charge < -0.3 is 14.7 Å². The Bertz CT molecular complexity index is 956. The van der Waals surface area contributed by atoms with Gasteiger partial charge in [0.25, 0.3) is 0 Å². The second-order valence-electron chi connectivity index (χ2n) is 8.49. The van der Waals surface area contributed by atoms with Gasteiger partial charge in [0.2, 0.25) is 0 Å². The second-order valence-corrected chi connectivity index (χ2v) is 9.49. The molecular formula is C23H31N5S+2. The molecule has 29 heavy (non-hydrogen) atoms. The predicted molar refractivity (Wildman–Crippen MR) is 120 cm³/mol. The summed E-state index contributed by atoms with van der Waals surface area (Å²) in [6.45, 7) is 12.3. The number of thiophene rings is 1. The molecule has 2 saturated heterocycles. The Hall–Kier alpha value is -2.02. The number of piperazine rings is 1. The molecule has 3 aromatic rings. The number of benzene rings is 1. The molecule has 2 N–H and O–H groups in total. The summed E-state index contributed by atoms with van der Waals surface area (Å²) in [5.41, 5.74) is 2.59. The third-order valence-electron chi connectivity index (χ3n) is 6.66. The van der Waals surface area contributed by atoms with Crippen LogP contribution in [-0.4, -0.2) is 62.3 Å². The van der Waals surface area contributed by atoms with Gasteiger partial charge in [-0.15, -0.1) is 11.3 Å². The average Bonchev–Trinajstić information content (AvgIpc) is 3.41. The van der Waals surface area contributed by atoms with Crippen LogP contribution in [0.1, 0.15) is 18.4 Å². The summed E-state index contributed by atoms with van der Waals surface area (Å²) in [6, 6.07) is 10.7. The van der Waals surface area contributed by atoms with E-state index in [0.717, 1.165) is 23.7 Å². The van der Waals surface area contributed by atoms with E-state index in [4.69, 9.17) is 4.98 Å². The van der Waals surface area contributed by atoms with Gasteiger partial charge in [-0.2, -0.15) is 0 Å². The van der Waals surface area contributed by atoms with E-state index in [1.807, 2.05) is 4.90 Å². The van der Waals surface area contributed by atoms with Crippen LogP contribution in [0.2, 0.25) is 0 Å². The van der Waals surface area contributed by atoms with Gasteiger partial charge in [0.1, 0.15) is 30.1 Å². The summed E-state index contributed by atoms with van der Waals surface area (Å²) >= 11 is 1.79. The van der Waals surface area contributed by atoms with E-state index in [1.165, 1.54) is 73.5 Å². The maximum absolute atomic E-state index is 4.74. The molecular weight excluding hydrogens is 378 g/mol.